The van der Waals surface area contributed by atoms with Gasteiger partial charge in [-0.1, -0.05) is 19.3 Å². The smallest absolute Gasteiger partial charge is 0.240 e. The minimum atomic E-state index is 0.300. The van der Waals surface area contributed by atoms with Gasteiger partial charge in [0.2, 0.25) is 5.95 Å². The van der Waals surface area contributed by atoms with Gasteiger partial charge in [0, 0.05) is 6.04 Å². The summed E-state index contributed by atoms with van der Waals surface area (Å²) in [6.45, 7) is 0. The third-order valence-corrected chi connectivity index (χ3v) is 4.03. The van der Waals surface area contributed by atoms with Crippen molar-refractivity contribution in [3.05, 3.63) is 16.6 Å². The Kier molecular flexibility index (Phi) is 3.11. The van der Waals surface area contributed by atoms with E-state index >= 15 is 0 Å². The monoisotopic (exact) mass is 309 g/mol. The molecule has 3 N–H and O–H groups in total. The number of halogens is 1. The highest BCUT2D eigenvalue weighted by molar-refractivity contribution is 9.10. The number of nitrogens with two attached hydrogens (primary N) is 1. The summed E-state index contributed by atoms with van der Waals surface area (Å²) in [5.74, 6) is 1.26. The highest BCUT2D eigenvalue weighted by atomic mass is 79.9. The summed E-state index contributed by atoms with van der Waals surface area (Å²) in [7, 11) is 0. The molecule has 2 aromatic heterocycles. The molecule has 0 spiro atoms. The molecule has 18 heavy (non-hydrogen) atoms. The zero-order valence-corrected chi connectivity index (χ0v) is 11.7. The molecule has 1 aliphatic rings. The van der Waals surface area contributed by atoms with E-state index in [9.17, 15) is 0 Å². The summed E-state index contributed by atoms with van der Waals surface area (Å²) in [6.07, 6.45) is 6.40. The van der Waals surface area contributed by atoms with E-state index in [0.29, 0.717) is 12.0 Å². The number of aromatic nitrogens is 3. The van der Waals surface area contributed by atoms with Crippen LogP contribution in [0.15, 0.2) is 16.6 Å². The van der Waals surface area contributed by atoms with E-state index in [2.05, 4.69) is 31.3 Å². The lowest BCUT2D eigenvalue weighted by Gasteiger charge is -2.23. The molecule has 0 unspecified atom stereocenters. The molecule has 0 bridgehead atoms. The van der Waals surface area contributed by atoms with Crippen LogP contribution >= 0.6 is 15.9 Å². The Morgan fingerprint density at radius 3 is 2.83 bits per heavy atom. The van der Waals surface area contributed by atoms with Gasteiger partial charge in [-0.05, 0) is 40.9 Å². The van der Waals surface area contributed by atoms with Gasteiger partial charge in [0.05, 0.1) is 4.47 Å². The minimum absolute atomic E-state index is 0.300. The van der Waals surface area contributed by atoms with Gasteiger partial charge in [-0.25, -0.2) is 0 Å². The Morgan fingerprint density at radius 2 is 2.06 bits per heavy atom. The van der Waals surface area contributed by atoms with Gasteiger partial charge in [-0.15, -0.1) is 5.10 Å². The molecule has 6 heteroatoms. The Morgan fingerprint density at radius 1 is 1.28 bits per heavy atom. The molecule has 3 rings (SSSR count). The van der Waals surface area contributed by atoms with E-state index in [1.54, 1.807) is 4.52 Å². The van der Waals surface area contributed by atoms with E-state index in [4.69, 9.17) is 5.73 Å². The zero-order valence-electron chi connectivity index (χ0n) is 10.1. The Bertz CT molecular complexity index is 559. The van der Waals surface area contributed by atoms with Crippen LogP contribution in [0.2, 0.25) is 0 Å². The van der Waals surface area contributed by atoms with Crippen LogP contribution in [0.1, 0.15) is 32.1 Å². The number of nitrogens with zero attached hydrogens (tertiary/aromatic N) is 3. The summed E-state index contributed by atoms with van der Waals surface area (Å²) in [5, 5.41) is 7.78. The van der Waals surface area contributed by atoms with Crippen LogP contribution in [0.25, 0.3) is 5.65 Å². The van der Waals surface area contributed by atoms with Gasteiger partial charge in [0.25, 0.3) is 0 Å². The first-order chi connectivity index (χ1) is 8.74. The molecular weight excluding hydrogens is 294 g/mol. The maximum Gasteiger partial charge on any atom is 0.240 e. The van der Waals surface area contributed by atoms with Crippen LogP contribution < -0.4 is 11.1 Å². The zero-order chi connectivity index (χ0) is 12.5. The summed E-state index contributed by atoms with van der Waals surface area (Å²) >= 11 is 3.46. The minimum Gasteiger partial charge on any atom is -0.367 e. The van der Waals surface area contributed by atoms with Crippen molar-refractivity contribution in [3.63, 3.8) is 0 Å². The summed E-state index contributed by atoms with van der Waals surface area (Å²) in [4.78, 5) is 4.21. The van der Waals surface area contributed by atoms with E-state index in [1.165, 1.54) is 32.1 Å². The molecule has 2 heterocycles. The lowest BCUT2D eigenvalue weighted by Crippen LogP contribution is -2.23. The normalized spacial score (nSPS) is 17.2. The van der Waals surface area contributed by atoms with E-state index < -0.39 is 0 Å². The third-order valence-electron chi connectivity index (χ3n) is 3.41. The van der Waals surface area contributed by atoms with Crippen LogP contribution in [-0.4, -0.2) is 20.6 Å². The van der Waals surface area contributed by atoms with Crippen molar-refractivity contribution in [2.24, 2.45) is 0 Å². The fourth-order valence-electron chi connectivity index (χ4n) is 2.51. The second kappa shape index (κ2) is 4.76. The van der Waals surface area contributed by atoms with Crippen LogP contribution in [-0.2, 0) is 0 Å². The Hall–Kier alpha value is -1.30. The maximum atomic E-state index is 5.67. The van der Waals surface area contributed by atoms with Crippen molar-refractivity contribution in [1.29, 1.82) is 0 Å². The number of hydrogen-bond donors (Lipinski definition) is 2. The van der Waals surface area contributed by atoms with Gasteiger partial charge >= 0.3 is 0 Å². The lowest BCUT2D eigenvalue weighted by atomic mass is 9.95. The molecule has 0 aromatic carbocycles. The van der Waals surface area contributed by atoms with Crippen molar-refractivity contribution < 1.29 is 0 Å². The maximum absolute atomic E-state index is 5.67. The summed E-state index contributed by atoms with van der Waals surface area (Å²) in [5.41, 5.74) is 6.43. The van der Waals surface area contributed by atoms with Gasteiger partial charge in [-0.2, -0.15) is 9.50 Å². The molecule has 5 nitrogen and oxygen atoms in total. The van der Waals surface area contributed by atoms with Crippen molar-refractivity contribution in [1.82, 2.24) is 14.6 Å². The molecule has 0 atom stereocenters. The van der Waals surface area contributed by atoms with Crippen molar-refractivity contribution in [2.45, 2.75) is 38.1 Å². The summed E-state index contributed by atoms with van der Waals surface area (Å²) < 4.78 is 2.68. The number of fused-ring (bicyclic) bond motifs is 1. The molecule has 0 aliphatic heterocycles. The fourth-order valence-corrected chi connectivity index (χ4v) is 2.90. The lowest BCUT2D eigenvalue weighted by molar-refractivity contribution is 0.461. The Labute approximate surface area is 114 Å². The third kappa shape index (κ3) is 2.16. The average molecular weight is 310 g/mol. The highest BCUT2D eigenvalue weighted by Gasteiger charge is 2.15. The van der Waals surface area contributed by atoms with Crippen molar-refractivity contribution >= 4 is 33.3 Å². The number of hydrogen-bond acceptors (Lipinski definition) is 4. The van der Waals surface area contributed by atoms with E-state index in [-0.39, 0.29) is 0 Å². The number of rotatable bonds is 2. The average Bonchev–Trinajstić information content (AvgIpc) is 2.77. The Balaban J connectivity index is 1.93. The molecule has 0 amide bonds. The number of anilines is 2. The van der Waals surface area contributed by atoms with Gasteiger partial charge in [0.15, 0.2) is 5.65 Å². The first kappa shape index (κ1) is 11.8. The molecule has 1 aliphatic carbocycles. The molecular formula is C12H16BrN5. The number of pyridine rings is 1. The molecule has 0 saturated heterocycles. The van der Waals surface area contributed by atoms with Crippen LogP contribution in [0.4, 0.5) is 11.8 Å². The molecule has 96 valence electrons. The molecule has 0 radical (unpaired) electrons. The molecule has 2 aromatic rings. The van der Waals surface area contributed by atoms with Crippen molar-refractivity contribution in [2.75, 3.05) is 11.1 Å². The molecule has 1 saturated carbocycles. The van der Waals surface area contributed by atoms with Crippen LogP contribution in [0, 0.1) is 0 Å². The first-order valence-electron chi connectivity index (χ1n) is 6.31. The first-order valence-corrected chi connectivity index (χ1v) is 7.10. The predicted octanol–water partition coefficient (Wildman–Crippen LogP) is 2.82. The SMILES string of the molecule is Nc1nc2c(Br)ccc(NC3CCCCC3)n2n1. The van der Waals surface area contributed by atoms with E-state index in [1.807, 2.05) is 12.1 Å². The van der Waals surface area contributed by atoms with Crippen molar-refractivity contribution in [3.8, 4) is 0 Å². The summed E-state index contributed by atoms with van der Waals surface area (Å²) in [6, 6.07) is 4.53. The fraction of sp³-hybridized carbons (Fsp3) is 0.500. The molecule has 1 fully saturated rings. The second-order valence-electron chi connectivity index (χ2n) is 4.75. The van der Waals surface area contributed by atoms with Gasteiger partial charge < -0.3 is 11.1 Å². The number of nitrogen functional groups attached to an aromatic ring is 1. The predicted molar refractivity (Wildman–Crippen MR) is 75.6 cm³/mol. The largest absolute Gasteiger partial charge is 0.367 e. The van der Waals surface area contributed by atoms with Crippen LogP contribution in [0.5, 0.6) is 0 Å². The topological polar surface area (TPSA) is 68.2 Å². The van der Waals surface area contributed by atoms with Crippen LogP contribution in [0.3, 0.4) is 0 Å². The highest BCUT2D eigenvalue weighted by Crippen LogP contribution is 2.25. The number of nitrogens with one attached hydrogen (secondary N) is 1. The van der Waals surface area contributed by atoms with Gasteiger partial charge in [-0.3, -0.25) is 0 Å². The van der Waals surface area contributed by atoms with E-state index in [0.717, 1.165) is 15.9 Å². The quantitative estimate of drug-likeness (QED) is 0.895. The van der Waals surface area contributed by atoms with Gasteiger partial charge in [0.1, 0.15) is 5.82 Å². The second-order valence-corrected chi connectivity index (χ2v) is 5.61. The standard InChI is InChI=1S/C12H16BrN5/c13-9-6-7-10(15-8-4-2-1-3-5-8)18-11(9)16-12(14)17-18/h6-8,15H,1-5H2,(H2,14,17).